The van der Waals surface area contributed by atoms with Gasteiger partial charge >= 0.3 is 5.97 Å². The molecule has 0 unspecified atom stereocenters. The van der Waals surface area contributed by atoms with Gasteiger partial charge in [-0.3, -0.25) is 4.79 Å². The lowest BCUT2D eigenvalue weighted by molar-refractivity contribution is -0.137. The molecule has 1 aromatic rings. The first-order valence-corrected chi connectivity index (χ1v) is 6.02. The third-order valence-corrected chi connectivity index (χ3v) is 2.26. The number of carbonyl (C=O) groups excluding carboxylic acids is 2. The average molecular weight is 259 g/mol. The van der Waals surface area contributed by atoms with Crippen LogP contribution in [-0.2, 0) is 14.3 Å². The number of hydrogen-bond acceptors (Lipinski definition) is 3. The summed E-state index contributed by atoms with van der Waals surface area (Å²) in [6.45, 7) is 4.02. The summed E-state index contributed by atoms with van der Waals surface area (Å²) >= 11 is 0. The van der Waals surface area contributed by atoms with Crippen molar-refractivity contribution >= 4 is 18.0 Å². The van der Waals surface area contributed by atoms with Crippen LogP contribution in [0.4, 0.5) is 0 Å². The van der Waals surface area contributed by atoms with E-state index in [1.54, 1.807) is 6.08 Å². The molecule has 100 valence electrons. The highest BCUT2D eigenvalue weighted by atomic mass is 16.5. The lowest BCUT2D eigenvalue weighted by atomic mass is 10.2. The second-order valence-electron chi connectivity index (χ2n) is 3.76. The van der Waals surface area contributed by atoms with Gasteiger partial charge in [0.2, 0.25) is 5.91 Å². The minimum atomic E-state index is -0.449. The molecule has 0 heterocycles. The highest BCUT2D eigenvalue weighted by Gasteiger charge is 1.97. The van der Waals surface area contributed by atoms with Crippen molar-refractivity contribution in [2.24, 2.45) is 0 Å². The summed E-state index contributed by atoms with van der Waals surface area (Å²) in [6.07, 6.45) is 4.91. The quantitative estimate of drug-likeness (QED) is 0.462. The van der Waals surface area contributed by atoms with Crippen molar-refractivity contribution < 1.29 is 14.3 Å². The maximum atomic E-state index is 11.4. The van der Waals surface area contributed by atoms with Crippen LogP contribution in [0.1, 0.15) is 12.0 Å². The fourth-order valence-electron chi connectivity index (χ4n) is 1.31. The normalized spacial score (nSPS) is 10.1. The summed E-state index contributed by atoms with van der Waals surface area (Å²) in [4.78, 5) is 22.2. The number of rotatable bonds is 7. The summed E-state index contributed by atoms with van der Waals surface area (Å²) in [5, 5.41) is 2.70. The molecule has 1 aromatic carbocycles. The number of amides is 1. The minimum absolute atomic E-state index is 0.168. The lowest BCUT2D eigenvalue weighted by Gasteiger charge is -2.02. The van der Waals surface area contributed by atoms with E-state index in [0.29, 0.717) is 13.0 Å². The molecule has 1 rings (SSSR count). The van der Waals surface area contributed by atoms with E-state index < -0.39 is 5.97 Å². The predicted octanol–water partition coefficient (Wildman–Crippen LogP) is 1.94. The number of benzene rings is 1. The standard InChI is InChI=1S/C15H17NO3/c1-2-15(18)19-12-6-11-16-14(17)10-9-13-7-4-3-5-8-13/h2-5,7-10H,1,6,11-12H2,(H,16,17)/b10-9+. The Morgan fingerprint density at radius 3 is 2.68 bits per heavy atom. The molecule has 1 amide bonds. The van der Waals surface area contributed by atoms with Crippen LogP contribution < -0.4 is 5.32 Å². The largest absolute Gasteiger partial charge is 0.462 e. The third-order valence-electron chi connectivity index (χ3n) is 2.26. The van der Waals surface area contributed by atoms with Crippen LogP contribution in [0.15, 0.2) is 49.1 Å². The van der Waals surface area contributed by atoms with E-state index in [4.69, 9.17) is 4.74 Å². The highest BCUT2D eigenvalue weighted by Crippen LogP contribution is 2.00. The van der Waals surface area contributed by atoms with Crippen molar-refractivity contribution in [2.45, 2.75) is 6.42 Å². The van der Waals surface area contributed by atoms with Crippen molar-refractivity contribution in [1.29, 1.82) is 0 Å². The molecular formula is C15H17NO3. The Labute approximate surface area is 112 Å². The van der Waals surface area contributed by atoms with Gasteiger partial charge in [0.05, 0.1) is 6.61 Å². The van der Waals surface area contributed by atoms with E-state index in [2.05, 4.69) is 11.9 Å². The summed E-state index contributed by atoms with van der Waals surface area (Å²) in [5.74, 6) is -0.616. The van der Waals surface area contributed by atoms with Crippen LogP contribution in [0.3, 0.4) is 0 Å². The first-order chi connectivity index (χ1) is 9.22. The van der Waals surface area contributed by atoms with Gasteiger partial charge in [-0.1, -0.05) is 36.9 Å². The summed E-state index contributed by atoms with van der Waals surface area (Å²) in [7, 11) is 0. The van der Waals surface area contributed by atoms with Gasteiger partial charge in [0.1, 0.15) is 0 Å². The van der Waals surface area contributed by atoms with Crippen molar-refractivity contribution in [3.8, 4) is 0 Å². The maximum absolute atomic E-state index is 11.4. The fraction of sp³-hybridized carbons (Fsp3) is 0.200. The first kappa shape index (κ1) is 14.7. The van der Waals surface area contributed by atoms with Gasteiger partial charge in [-0.15, -0.1) is 0 Å². The fourth-order valence-corrected chi connectivity index (χ4v) is 1.31. The molecule has 0 spiro atoms. The Morgan fingerprint density at radius 1 is 1.26 bits per heavy atom. The Hall–Kier alpha value is -2.36. The molecule has 0 saturated heterocycles. The number of ether oxygens (including phenoxy) is 1. The molecule has 0 aliphatic heterocycles. The Balaban J connectivity index is 2.16. The maximum Gasteiger partial charge on any atom is 0.330 e. The minimum Gasteiger partial charge on any atom is -0.462 e. The molecule has 19 heavy (non-hydrogen) atoms. The zero-order valence-corrected chi connectivity index (χ0v) is 10.7. The zero-order chi connectivity index (χ0) is 13.9. The van der Waals surface area contributed by atoms with Crippen LogP contribution in [-0.4, -0.2) is 25.0 Å². The van der Waals surface area contributed by atoms with Gasteiger partial charge in [0, 0.05) is 18.7 Å². The van der Waals surface area contributed by atoms with E-state index in [0.717, 1.165) is 11.6 Å². The highest BCUT2D eigenvalue weighted by molar-refractivity contribution is 5.91. The molecule has 0 radical (unpaired) electrons. The third kappa shape index (κ3) is 6.83. The van der Waals surface area contributed by atoms with E-state index >= 15 is 0 Å². The molecule has 4 heteroatoms. The summed E-state index contributed by atoms with van der Waals surface area (Å²) < 4.78 is 4.78. The SMILES string of the molecule is C=CC(=O)OCCCNC(=O)/C=C/c1ccccc1. The van der Waals surface area contributed by atoms with Crippen molar-refractivity contribution in [1.82, 2.24) is 5.32 Å². The van der Waals surface area contributed by atoms with Gasteiger partial charge in [-0.25, -0.2) is 4.79 Å². The van der Waals surface area contributed by atoms with Crippen LogP contribution in [0.5, 0.6) is 0 Å². The number of esters is 1. The van der Waals surface area contributed by atoms with Gasteiger partial charge in [0.15, 0.2) is 0 Å². The average Bonchev–Trinajstić information content (AvgIpc) is 2.45. The molecular weight excluding hydrogens is 242 g/mol. The predicted molar refractivity (Wildman–Crippen MR) is 74.3 cm³/mol. The molecule has 0 atom stereocenters. The second-order valence-corrected chi connectivity index (χ2v) is 3.76. The number of carbonyl (C=O) groups is 2. The second kappa shape index (κ2) is 8.69. The van der Waals surface area contributed by atoms with E-state index in [-0.39, 0.29) is 12.5 Å². The monoisotopic (exact) mass is 259 g/mol. The number of nitrogens with one attached hydrogen (secondary N) is 1. The summed E-state index contributed by atoms with van der Waals surface area (Å²) in [6, 6.07) is 9.57. The molecule has 4 nitrogen and oxygen atoms in total. The van der Waals surface area contributed by atoms with E-state index in [1.165, 1.54) is 6.08 Å². The molecule has 0 bridgehead atoms. The Morgan fingerprint density at radius 2 is 2.00 bits per heavy atom. The Bertz CT molecular complexity index is 452. The molecule has 1 N–H and O–H groups in total. The van der Waals surface area contributed by atoms with Crippen LogP contribution >= 0.6 is 0 Å². The molecule has 0 aromatic heterocycles. The van der Waals surface area contributed by atoms with Crippen molar-refractivity contribution in [3.63, 3.8) is 0 Å². The Kier molecular flexibility index (Phi) is 6.72. The number of hydrogen-bond donors (Lipinski definition) is 1. The molecule has 0 aliphatic carbocycles. The molecule has 0 fully saturated rings. The molecule has 0 aliphatic rings. The lowest BCUT2D eigenvalue weighted by Crippen LogP contribution is -2.23. The molecule has 0 saturated carbocycles. The summed E-state index contributed by atoms with van der Waals surface area (Å²) in [5.41, 5.74) is 0.970. The van der Waals surface area contributed by atoms with E-state index in [9.17, 15) is 9.59 Å². The van der Waals surface area contributed by atoms with Crippen molar-refractivity contribution in [3.05, 3.63) is 54.6 Å². The van der Waals surface area contributed by atoms with Crippen LogP contribution in [0.2, 0.25) is 0 Å². The first-order valence-electron chi connectivity index (χ1n) is 6.02. The smallest absolute Gasteiger partial charge is 0.330 e. The van der Waals surface area contributed by atoms with Gasteiger partial charge in [-0.2, -0.15) is 0 Å². The van der Waals surface area contributed by atoms with Crippen LogP contribution in [0.25, 0.3) is 6.08 Å². The van der Waals surface area contributed by atoms with Gasteiger partial charge in [-0.05, 0) is 18.1 Å². The topological polar surface area (TPSA) is 55.4 Å². The van der Waals surface area contributed by atoms with E-state index in [1.807, 2.05) is 30.3 Å². The van der Waals surface area contributed by atoms with Gasteiger partial charge < -0.3 is 10.1 Å². The van der Waals surface area contributed by atoms with Crippen molar-refractivity contribution in [2.75, 3.05) is 13.2 Å². The zero-order valence-electron chi connectivity index (χ0n) is 10.7. The van der Waals surface area contributed by atoms with Gasteiger partial charge in [0.25, 0.3) is 0 Å². The van der Waals surface area contributed by atoms with Crippen LogP contribution in [0, 0.1) is 0 Å².